The summed E-state index contributed by atoms with van der Waals surface area (Å²) in [4.78, 5) is 2.65. The maximum Gasteiger partial charge on any atom is 0.0233 e. The number of fused-ring (bicyclic) bond motifs is 2. The molecule has 1 saturated carbocycles. The van der Waals surface area contributed by atoms with E-state index in [1.165, 1.54) is 63.6 Å². The first kappa shape index (κ1) is 16.6. The lowest BCUT2D eigenvalue weighted by Gasteiger charge is -2.32. The molecule has 1 aliphatic heterocycles. The third kappa shape index (κ3) is 3.11. The van der Waals surface area contributed by atoms with Gasteiger partial charge in [0.25, 0.3) is 0 Å². The summed E-state index contributed by atoms with van der Waals surface area (Å²) in [6.07, 6.45) is 9.96. The normalized spacial score (nSPS) is 28.4. The molecule has 26 heavy (non-hydrogen) atoms. The van der Waals surface area contributed by atoms with Crippen LogP contribution in [0.25, 0.3) is 0 Å². The van der Waals surface area contributed by atoms with Crippen molar-refractivity contribution in [3.8, 4) is 0 Å². The third-order valence-corrected chi connectivity index (χ3v) is 7.51. The first-order chi connectivity index (χ1) is 12.8. The van der Waals surface area contributed by atoms with Crippen molar-refractivity contribution in [2.75, 3.05) is 13.1 Å². The number of nitrogens with zero attached hydrogens (tertiary/aromatic N) is 1. The number of rotatable bonds is 5. The van der Waals surface area contributed by atoms with E-state index in [1.807, 2.05) is 0 Å². The Balaban J connectivity index is 1.09. The minimum atomic E-state index is 0.602. The summed E-state index contributed by atoms with van der Waals surface area (Å²) < 4.78 is 0. The molecule has 0 amide bonds. The predicted molar refractivity (Wildman–Crippen MR) is 108 cm³/mol. The zero-order valence-electron chi connectivity index (χ0n) is 15.9. The highest BCUT2D eigenvalue weighted by molar-refractivity contribution is 5.44. The Bertz CT molecular complexity index is 744. The SMILES string of the molecule is c1ccc(CN2CCC(CCC3CC34CCc3ccccc34)CC2)cc1. The predicted octanol–water partition coefficient (Wildman–Crippen LogP) is 5.58. The maximum absolute atomic E-state index is 2.65. The molecule has 1 heterocycles. The lowest BCUT2D eigenvalue weighted by molar-refractivity contribution is 0.169. The molecule has 3 aliphatic rings. The van der Waals surface area contributed by atoms with Gasteiger partial charge in [-0.25, -0.2) is 0 Å². The summed E-state index contributed by atoms with van der Waals surface area (Å²) in [5.74, 6) is 1.95. The van der Waals surface area contributed by atoms with E-state index in [0.29, 0.717) is 5.41 Å². The first-order valence-electron chi connectivity index (χ1n) is 10.7. The molecule has 0 aromatic heterocycles. The molecule has 2 unspecified atom stereocenters. The Hall–Kier alpha value is -1.60. The highest BCUT2D eigenvalue weighted by Crippen LogP contribution is 2.63. The fraction of sp³-hybridized carbons (Fsp3) is 0.520. The lowest BCUT2D eigenvalue weighted by atomic mass is 9.88. The number of hydrogen-bond acceptors (Lipinski definition) is 1. The highest BCUT2D eigenvalue weighted by atomic mass is 15.1. The van der Waals surface area contributed by atoms with Crippen LogP contribution in [0.2, 0.25) is 0 Å². The molecule has 2 fully saturated rings. The van der Waals surface area contributed by atoms with E-state index >= 15 is 0 Å². The zero-order valence-corrected chi connectivity index (χ0v) is 15.9. The van der Waals surface area contributed by atoms with Gasteiger partial charge in [0.05, 0.1) is 0 Å². The molecule has 2 aliphatic carbocycles. The van der Waals surface area contributed by atoms with Gasteiger partial charge in [-0.05, 0) is 85.6 Å². The molecule has 0 radical (unpaired) electrons. The second kappa shape index (κ2) is 6.85. The zero-order chi connectivity index (χ0) is 17.4. The van der Waals surface area contributed by atoms with Crippen LogP contribution >= 0.6 is 0 Å². The van der Waals surface area contributed by atoms with E-state index < -0.39 is 0 Å². The molecule has 1 nitrogen and oxygen atoms in total. The van der Waals surface area contributed by atoms with Gasteiger partial charge in [-0.2, -0.15) is 0 Å². The molecule has 2 aromatic rings. The van der Waals surface area contributed by atoms with Gasteiger partial charge < -0.3 is 0 Å². The molecule has 2 atom stereocenters. The van der Waals surface area contributed by atoms with Crippen LogP contribution in [0.15, 0.2) is 54.6 Å². The largest absolute Gasteiger partial charge is 0.299 e. The van der Waals surface area contributed by atoms with Crippen molar-refractivity contribution in [2.24, 2.45) is 11.8 Å². The van der Waals surface area contributed by atoms with Crippen LogP contribution in [0.4, 0.5) is 0 Å². The van der Waals surface area contributed by atoms with Gasteiger partial charge in [0.2, 0.25) is 0 Å². The van der Waals surface area contributed by atoms with Crippen LogP contribution in [0.5, 0.6) is 0 Å². The Morgan fingerprint density at radius 2 is 1.65 bits per heavy atom. The fourth-order valence-electron chi connectivity index (χ4n) is 5.82. The monoisotopic (exact) mass is 345 g/mol. The van der Waals surface area contributed by atoms with E-state index in [1.54, 1.807) is 11.1 Å². The van der Waals surface area contributed by atoms with Crippen LogP contribution < -0.4 is 0 Å². The summed E-state index contributed by atoms with van der Waals surface area (Å²) >= 11 is 0. The van der Waals surface area contributed by atoms with Gasteiger partial charge in [-0.3, -0.25) is 4.90 Å². The first-order valence-corrected chi connectivity index (χ1v) is 10.7. The average molecular weight is 346 g/mol. The van der Waals surface area contributed by atoms with E-state index in [2.05, 4.69) is 59.5 Å². The highest BCUT2D eigenvalue weighted by Gasteiger charge is 2.57. The molecule has 1 spiro atoms. The van der Waals surface area contributed by atoms with Crippen molar-refractivity contribution in [2.45, 2.75) is 56.9 Å². The molecule has 136 valence electrons. The van der Waals surface area contributed by atoms with Gasteiger partial charge in [0.1, 0.15) is 0 Å². The second-order valence-electron chi connectivity index (χ2n) is 9.00. The summed E-state index contributed by atoms with van der Waals surface area (Å²) in [5.41, 5.74) is 5.42. The maximum atomic E-state index is 2.65. The quantitative estimate of drug-likeness (QED) is 0.683. The van der Waals surface area contributed by atoms with E-state index in [0.717, 1.165) is 18.4 Å². The standard InChI is InChI=1S/C25H31N/c1-2-6-21(7-3-1)19-26-16-13-20(14-17-26)10-11-23-18-25(23)15-12-22-8-4-5-9-24(22)25/h1-9,20,23H,10-19H2. The lowest BCUT2D eigenvalue weighted by Crippen LogP contribution is -2.33. The van der Waals surface area contributed by atoms with Gasteiger partial charge >= 0.3 is 0 Å². The second-order valence-corrected chi connectivity index (χ2v) is 9.00. The fourth-order valence-corrected chi connectivity index (χ4v) is 5.82. The van der Waals surface area contributed by atoms with Gasteiger partial charge in [-0.15, -0.1) is 0 Å². The van der Waals surface area contributed by atoms with Crippen molar-refractivity contribution in [1.82, 2.24) is 4.90 Å². The average Bonchev–Trinajstić information content (AvgIpc) is 3.28. The summed E-state index contributed by atoms with van der Waals surface area (Å²) in [6.45, 7) is 3.71. The van der Waals surface area contributed by atoms with Crippen molar-refractivity contribution in [1.29, 1.82) is 0 Å². The Morgan fingerprint density at radius 3 is 2.50 bits per heavy atom. The Morgan fingerprint density at radius 1 is 0.885 bits per heavy atom. The van der Waals surface area contributed by atoms with Crippen molar-refractivity contribution >= 4 is 0 Å². The smallest absolute Gasteiger partial charge is 0.0233 e. The van der Waals surface area contributed by atoms with Crippen LogP contribution in [0, 0.1) is 11.8 Å². The molecular weight excluding hydrogens is 314 g/mol. The molecule has 5 rings (SSSR count). The van der Waals surface area contributed by atoms with Crippen LogP contribution in [0.1, 0.15) is 55.2 Å². The molecule has 0 bridgehead atoms. The molecular formula is C25H31N. The van der Waals surface area contributed by atoms with Crippen LogP contribution in [-0.4, -0.2) is 18.0 Å². The summed E-state index contributed by atoms with van der Waals surface area (Å²) in [7, 11) is 0. The number of likely N-dealkylation sites (tertiary alicyclic amines) is 1. The van der Waals surface area contributed by atoms with E-state index in [9.17, 15) is 0 Å². The number of aryl methyl sites for hydroxylation is 1. The van der Waals surface area contributed by atoms with Crippen LogP contribution in [-0.2, 0) is 18.4 Å². The topological polar surface area (TPSA) is 3.24 Å². The van der Waals surface area contributed by atoms with Crippen molar-refractivity contribution in [3.05, 3.63) is 71.3 Å². The molecule has 1 heteroatoms. The van der Waals surface area contributed by atoms with Crippen molar-refractivity contribution < 1.29 is 0 Å². The van der Waals surface area contributed by atoms with E-state index in [-0.39, 0.29) is 0 Å². The molecule has 2 aromatic carbocycles. The summed E-state index contributed by atoms with van der Waals surface area (Å²) in [5, 5.41) is 0. The number of hydrogen-bond donors (Lipinski definition) is 0. The van der Waals surface area contributed by atoms with Crippen LogP contribution in [0.3, 0.4) is 0 Å². The van der Waals surface area contributed by atoms with Gasteiger partial charge in [0, 0.05) is 6.54 Å². The Kier molecular flexibility index (Phi) is 4.36. The molecule has 1 saturated heterocycles. The third-order valence-electron chi connectivity index (χ3n) is 7.51. The summed E-state index contributed by atoms with van der Waals surface area (Å²) in [6, 6.07) is 20.2. The minimum absolute atomic E-state index is 0.602. The van der Waals surface area contributed by atoms with Gasteiger partial charge in [0.15, 0.2) is 0 Å². The van der Waals surface area contributed by atoms with E-state index in [4.69, 9.17) is 0 Å². The van der Waals surface area contributed by atoms with Crippen molar-refractivity contribution in [3.63, 3.8) is 0 Å². The van der Waals surface area contributed by atoms with Gasteiger partial charge in [-0.1, -0.05) is 61.0 Å². The number of benzene rings is 2. The minimum Gasteiger partial charge on any atom is -0.299 e. The Labute approximate surface area is 158 Å². The molecule has 0 N–H and O–H groups in total. The number of piperidine rings is 1.